The van der Waals surface area contributed by atoms with Gasteiger partial charge in [0, 0.05) is 37.8 Å². The lowest BCUT2D eigenvalue weighted by atomic mass is 10.1. The van der Waals surface area contributed by atoms with Gasteiger partial charge in [-0.3, -0.25) is 19.8 Å². The third kappa shape index (κ3) is 3.51. The maximum Gasteiger partial charge on any atom is 0.287 e. The minimum atomic E-state index is -0.574. The number of nitro groups is 1. The largest absolute Gasteiger partial charge is 0.336 e. The summed E-state index contributed by atoms with van der Waals surface area (Å²) >= 11 is 5.83. The molecule has 2 rings (SSSR count). The van der Waals surface area contributed by atoms with Gasteiger partial charge in [-0.1, -0.05) is 17.5 Å². The number of hydrogen-bond donors (Lipinski definition) is 0. The number of hydrogen-bond acceptors (Lipinski definition) is 4. The fourth-order valence-corrected chi connectivity index (χ4v) is 2.46. The number of nitro benzene ring substituents is 1. The van der Waals surface area contributed by atoms with Crippen molar-refractivity contribution in [2.75, 3.05) is 32.7 Å². The molecule has 1 amide bonds. The van der Waals surface area contributed by atoms with Crippen LogP contribution in [0.2, 0.25) is 5.02 Å². The Balaban J connectivity index is 2.06. The van der Waals surface area contributed by atoms with Crippen molar-refractivity contribution in [2.45, 2.75) is 0 Å². The molecule has 0 saturated carbocycles. The zero-order valence-electron chi connectivity index (χ0n) is 11.3. The molecule has 1 aliphatic rings. The van der Waals surface area contributed by atoms with E-state index in [2.05, 4.69) is 10.8 Å². The van der Waals surface area contributed by atoms with Crippen molar-refractivity contribution in [2.24, 2.45) is 0 Å². The van der Waals surface area contributed by atoms with Crippen LogP contribution in [0, 0.1) is 22.5 Å². The molecule has 1 saturated heterocycles. The lowest BCUT2D eigenvalue weighted by Gasteiger charge is -2.33. The maximum absolute atomic E-state index is 12.3. The van der Waals surface area contributed by atoms with E-state index in [1.165, 1.54) is 18.2 Å². The normalized spacial score (nSPS) is 15.5. The van der Waals surface area contributed by atoms with Gasteiger partial charge in [0.25, 0.3) is 11.6 Å². The quantitative estimate of drug-likeness (QED) is 0.484. The summed E-state index contributed by atoms with van der Waals surface area (Å²) in [5.41, 5.74) is 0.156. The third-order valence-corrected chi connectivity index (χ3v) is 3.67. The molecule has 1 aromatic carbocycles. The third-order valence-electron chi connectivity index (χ3n) is 3.37. The molecule has 1 aliphatic heterocycles. The predicted molar refractivity (Wildman–Crippen MR) is 79.3 cm³/mol. The van der Waals surface area contributed by atoms with Crippen LogP contribution in [-0.2, 0) is 0 Å². The molecule has 0 aliphatic carbocycles. The number of nitrogens with zero attached hydrogens (tertiary/aromatic N) is 3. The van der Waals surface area contributed by atoms with Crippen LogP contribution in [0.5, 0.6) is 0 Å². The number of amides is 1. The van der Waals surface area contributed by atoms with Crippen LogP contribution >= 0.6 is 11.6 Å². The highest BCUT2D eigenvalue weighted by Crippen LogP contribution is 2.25. The van der Waals surface area contributed by atoms with Crippen LogP contribution in [-0.4, -0.2) is 53.4 Å². The summed E-state index contributed by atoms with van der Waals surface area (Å²) in [7, 11) is 0. The summed E-state index contributed by atoms with van der Waals surface area (Å²) in [4.78, 5) is 26.3. The van der Waals surface area contributed by atoms with Crippen LogP contribution in [0.4, 0.5) is 5.69 Å². The average molecular weight is 308 g/mol. The van der Waals surface area contributed by atoms with E-state index in [1.807, 2.05) is 0 Å². The first kappa shape index (κ1) is 15.3. The molecule has 0 radical (unpaired) electrons. The van der Waals surface area contributed by atoms with E-state index < -0.39 is 4.92 Å². The van der Waals surface area contributed by atoms with Crippen molar-refractivity contribution in [1.29, 1.82) is 0 Å². The van der Waals surface area contributed by atoms with Gasteiger partial charge in [-0.15, -0.1) is 6.42 Å². The first-order chi connectivity index (χ1) is 10.0. The molecule has 7 heteroatoms. The van der Waals surface area contributed by atoms with Crippen molar-refractivity contribution < 1.29 is 9.72 Å². The second-order valence-corrected chi connectivity index (χ2v) is 5.10. The first-order valence-electron chi connectivity index (χ1n) is 6.42. The molecule has 21 heavy (non-hydrogen) atoms. The lowest BCUT2D eigenvalue weighted by molar-refractivity contribution is -0.384. The Hall–Kier alpha value is -2.10. The zero-order chi connectivity index (χ0) is 15.4. The van der Waals surface area contributed by atoms with E-state index in [4.69, 9.17) is 18.0 Å². The second kappa shape index (κ2) is 6.57. The van der Waals surface area contributed by atoms with Crippen molar-refractivity contribution in [1.82, 2.24) is 9.80 Å². The number of carbonyl (C=O) groups excluding carboxylic acids is 1. The van der Waals surface area contributed by atoms with E-state index in [-0.39, 0.29) is 16.6 Å². The highest BCUT2D eigenvalue weighted by Gasteiger charge is 2.23. The van der Waals surface area contributed by atoms with Gasteiger partial charge in [-0.25, -0.2) is 0 Å². The lowest BCUT2D eigenvalue weighted by Crippen LogP contribution is -2.48. The molecule has 1 heterocycles. The van der Waals surface area contributed by atoms with Gasteiger partial charge in [0.1, 0.15) is 5.02 Å². The van der Waals surface area contributed by atoms with Gasteiger partial charge in [-0.05, 0) is 12.1 Å². The SMILES string of the molecule is C#CCN1CCN(C(=O)c2ccc([N+](=O)[O-])c(Cl)c2)CC1. The van der Waals surface area contributed by atoms with Crippen molar-refractivity contribution >= 4 is 23.2 Å². The maximum atomic E-state index is 12.3. The Morgan fingerprint density at radius 3 is 2.57 bits per heavy atom. The molecule has 0 unspecified atom stereocenters. The molecule has 6 nitrogen and oxygen atoms in total. The molecule has 0 spiro atoms. The number of carbonyl (C=O) groups is 1. The molecule has 0 aromatic heterocycles. The Labute approximate surface area is 127 Å². The number of halogens is 1. The van der Waals surface area contributed by atoms with Crippen LogP contribution in [0.3, 0.4) is 0 Å². The topological polar surface area (TPSA) is 66.7 Å². The van der Waals surface area contributed by atoms with Crippen molar-refractivity contribution in [3.8, 4) is 12.3 Å². The van der Waals surface area contributed by atoms with E-state index in [1.54, 1.807) is 4.90 Å². The molecule has 0 bridgehead atoms. The van der Waals surface area contributed by atoms with E-state index >= 15 is 0 Å². The van der Waals surface area contributed by atoms with Gasteiger partial charge in [-0.2, -0.15) is 0 Å². The fraction of sp³-hybridized carbons (Fsp3) is 0.357. The van der Waals surface area contributed by atoms with Crippen LogP contribution in [0.25, 0.3) is 0 Å². The average Bonchev–Trinajstić information content (AvgIpc) is 2.47. The molecule has 110 valence electrons. The Kier molecular flexibility index (Phi) is 4.78. The number of rotatable bonds is 3. The fourth-order valence-electron chi connectivity index (χ4n) is 2.21. The van der Waals surface area contributed by atoms with Crippen LogP contribution in [0.15, 0.2) is 18.2 Å². The summed E-state index contributed by atoms with van der Waals surface area (Å²) in [6.07, 6.45) is 5.26. The summed E-state index contributed by atoms with van der Waals surface area (Å²) in [6.45, 7) is 3.17. The van der Waals surface area contributed by atoms with Crippen molar-refractivity contribution in [3.05, 3.63) is 38.9 Å². The molecular weight excluding hydrogens is 294 g/mol. The summed E-state index contributed by atoms with van der Waals surface area (Å²) in [6, 6.07) is 4.03. The molecule has 0 N–H and O–H groups in total. The van der Waals surface area contributed by atoms with E-state index in [9.17, 15) is 14.9 Å². The second-order valence-electron chi connectivity index (χ2n) is 4.70. The van der Waals surface area contributed by atoms with Crippen LogP contribution < -0.4 is 0 Å². The van der Waals surface area contributed by atoms with E-state index in [0.29, 0.717) is 25.2 Å². The summed E-state index contributed by atoms with van der Waals surface area (Å²) in [5.74, 6) is 2.40. The van der Waals surface area contributed by atoms with Crippen LogP contribution in [0.1, 0.15) is 10.4 Å². The minimum absolute atomic E-state index is 0.0307. The van der Waals surface area contributed by atoms with E-state index in [0.717, 1.165) is 13.1 Å². The Morgan fingerprint density at radius 2 is 2.05 bits per heavy atom. The number of terminal acetylenes is 1. The minimum Gasteiger partial charge on any atom is -0.336 e. The number of benzene rings is 1. The predicted octanol–water partition coefficient (Wildman–Crippen LogP) is 1.64. The highest BCUT2D eigenvalue weighted by atomic mass is 35.5. The monoisotopic (exact) mass is 307 g/mol. The molecule has 1 fully saturated rings. The van der Waals surface area contributed by atoms with Gasteiger partial charge in [0.15, 0.2) is 0 Å². The Morgan fingerprint density at radius 1 is 1.38 bits per heavy atom. The standard InChI is InChI=1S/C14H14ClN3O3/c1-2-5-16-6-8-17(9-7-16)14(19)11-3-4-13(18(20)21)12(15)10-11/h1,3-4,10H,5-9H2. The zero-order valence-corrected chi connectivity index (χ0v) is 12.0. The van der Waals surface area contributed by atoms with Gasteiger partial charge in [0.05, 0.1) is 11.5 Å². The van der Waals surface area contributed by atoms with Gasteiger partial charge < -0.3 is 4.90 Å². The molecule has 1 aromatic rings. The first-order valence-corrected chi connectivity index (χ1v) is 6.79. The molecular formula is C14H14ClN3O3. The summed E-state index contributed by atoms with van der Waals surface area (Å²) in [5, 5.41) is 10.7. The highest BCUT2D eigenvalue weighted by molar-refractivity contribution is 6.33. The Bertz CT molecular complexity index is 604. The van der Waals surface area contributed by atoms with Gasteiger partial charge in [0.2, 0.25) is 0 Å². The van der Waals surface area contributed by atoms with Gasteiger partial charge >= 0.3 is 0 Å². The number of piperazine rings is 1. The summed E-state index contributed by atoms with van der Waals surface area (Å²) < 4.78 is 0. The smallest absolute Gasteiger partial charge is 0.287 e. The van der Waals surface area contributed by atoms with Crippen molar-refractivity contribution in [3.63, 3.8) is 0 Å². The molecule has 0 atom stereocenters.